The minimum atomic E-state index is 0.416. The second-order valence-corrected chi connectivity index (χ2v) is 5.55. The number of hydrogen-bond donors (Lipinski definition) is 2. The van der Waals surface area contributed by atoms with Crippen LogP contribution in [-0.2, 0) is 6.42 Å². The van der Waals surface area contributed by atoms with Gasteiger partial charge in [-0.1, -0.05) is 6.07 Å². The molecule has 0 spiro atoms. The van der Waals surface area contributed by atoms with Gasteiger partial charge in [-0.25, -0.2) is 4.98 Å². The summed E-state index contributed by atoms with van der Waals surface area (Å²) < 4.78 is 0. The largest absolute Gasteiger partial charge is 0.373 e. The van der Waals surface area contributed by atoms with Crippen LogP contribution in [0.15, 0.2) is 29.6 Å². The van der Waals surface area contributed by atoms with Crippen LogP contribution in [0.3, 0.4) is 0 Å². The van der Waals surface area contributed by atoms with E-state index in [1.165, 1.54) is 29.7 Å². The maximum Gasteiger partial charge on any atom is 0.128 e. The van der Waals surface area contributed by atoms with Gasteiger partial charge in [0.2, 0.25) is 0 Å². The Morgan fingerprint density at radius 1 is 1.28 bits per heavy atom. The first-order valence-corrected chi connectivity index (χ1v) is 7.22. The van der Waals surface area contributed by atoms with Crippen molar-refractivity contribution in [1.29, 1.82) is 0 Å². The third-order valence-corrected chi connectivity index (χ3v) is 4.38. The van der Waals surface area contributed by atoms with Crippen molar-refractivity contribution in [1.82, 2.24) is 4.98 Å². The molecule has 0 saturated heterocycles. The van der Waals surface area contributed by atoms with Crippen molar-refractivity contribution in [3.63, 3.8) is 0 Å². The third kappa shape index (κ3) is 2.20. The van der Waals surface area contributed by atoms with E-state index < -0.39 is 0 Å². The van der Waals surface area contributed by atoms with Gasteiger partial charge in [0.25, 0.3) is 0 Å². The van der Waals surface area contributed by atoms with Crippen LogP contribution in [0.1, 0.15) is 29.3 Å². The molecule has 18 heavy (non-hydrogen) atoms. The molecule has 2 aromatic heterocycles. The van der Waals surface area contributed by atoms with Crippen LogP contribution in [0.4, 0.5) is 11.6 Å². The molecule has 0 saturated carbocycles. The quantitative estimate of drug-likeness (QED) is 0.883. The molecular weight excluding hydrogens is 242 g/mol. The summed E-state index contributed by atoms with van der Waals surface area (Å²) >= 11 is 1.87. The first-order chi connectivity index (χ1) is 8.86. The van der Waals surface area contributed by atoms with Crippen molar-refractivity contribution in [3.8, 4) is 0 Å². The molecule has 2 N–H and O–H groups in total. The van der Waals surface area contributed by atoms with E-state index in [2.05, 4.69) is 27.1 Å². The molecule has 3 nitrogen and oxygen atoms in total. The Kier molecular flexibility index (Phi) is 3.19. The van der Waals surface area contributed by atoms with E-state index >= 15 is 0 Å². The van der Waals surface area contributed by atoms with Crippen LogP contribution >= 0.6 is 11.3 Å². The van der Waals surface area contributed by atoms with Gasteiger partial charge in [0.05, 0.1) is 6.04 Å². The summed E-state index contributed by atoms with van der Waals surface area (Å²) in [5.41, 5.74) is 1.46. The highest BCUT2D eigenvalue weighted by molar-refractivity contribution is 7.10. The van der Waals surface area contributed by atoms with Gasteiger partial charge in [0, 0.05) is 11.9 Å². The summed E-state index contributed by atoms with van der Waals surface area (Å²) in [6.45, 7) is 0. The molecule has 0 radical (unpaired) electrons. The fourth-order valence-corrected chi connectivity index (χ4v) is 3.46. The minimum absolute atomic E-state index is 0.416. The van der Waals surface area contributed by atoms with Crippen molar-refractivity contribution >= 4 is 23.0 Å². The molecule has 1 atom stereocenters. The Balaban J connectivity index is 1.81. The number of thiophene rings is 1. The Hall–Kier alpha value is -1.55. The lowest BCUT2D eigenvalue weighted by atomic mass is 9.94. The molecule has 1 aliphatic rings. The van der Waals surface area contributed by atoms with Crippen molar-refractivity contribution in [3.05, 3.63) is 40.1 Å². The van der Waals surface area contributed by atoms with Crippen molar-refractivity contribution in [2.75, 3.05) is 17.7 Å². The van der Waals surface area contributed by atoms with Crippen molar-refractivity contribution in [2.45, 2.75) is 25.3 Å². The Morgan fingerprint density at radius 2 is 2.17 bits per heavy atom. The van der Waals surface area contributed by atoms with Crippen LogP contribution in [0, 0.1) is 0 Å². The number of nitrogens with zero attached hydrogens (tertiary/aromatic N) is 1. The number of pyridine rings is 1. The van der Waals surface area contributed by atoms with Crippen LogP contribution in [-0.4, -0.2) is 12.0 Å². The van der Waals surface area contributed by atoms with Gasteiger partial charge in [0.15, 0.2) is 0 Å². The van der Waals surface area contributed by atoms with Crippen LogP contribution in [0.2, 0.25) is 0 Å². The Labute approximate surface area is 111 Å². The molecule has 0 amide bonds. The lowest BCUT2D eigenvalue weighted by Crippen LogP contribution is -2.16. The number of rotatable bonds is 3. The maximum atomic E-state index is 4.52. The van der Waals surface area contributed by atoms with Crippen molar-refractivity contribution in [2.24, 2.45) is 0 Å². The second kappa shape index (κ2) is 4.98. The highest BCUT2D eigenvalue weighted by atomic mass is 32.1. The average Bonchev–Trinajstić information content (AvgIpc) is 2.88. The monoisotopic (exact) mass is 259 g/mol. The van der Waals surface area contributed by atoms with Gasteiger partial charge in [-0.2, -0.15) is 0 Å². The van der Waals surface area contributed by atoms with Gasteiger partial charge in [0.1, 0.15) is 11.6 Å². The van der Waals surface area contributed by atoms with Gasteiger partial charge in [-0.05, 0) is 48.4 Å². The van der Waals surface area contributed by atoms with E-state index in [4.69, 9.17) is 0 Å². The zero-order valence-corrected chi connectivity index (χ0v) is 11.3. The number of nitrogens with one attached hydrogen (secondary N) is 2. The normalized spacial score (nSPS) is 18.2. The number of aryl methyl sites for hydroxylation is 1. The summed E-state index contributed by atoms with van der Waals surface area (Å²) in [6, 6.07) is 8.69. The van der Waals surface area contributed by atoms with Gasteiger partial charge < -0.3 is 10.6 Å². The molecule has 0 aliphatic heterocycles. The molecule has 1 aliphatic carbocycles. The Morgan fingerprint density at radius 3 is 3.06 bits per heavy atom. The Bertz CT molecular complexity index is 535. The van der Waals surface area contributed by atoms with E-state index in [1.807, 2.05) is 36.6 Å². The molecule has 94 valence electrons. The van der Waals surface area contributed by atoms with E-state index in [0.29, 0.717) is 6.04 Å². The lowest BCUT2D eigenvalue weighted by Gasteiger charge is -2.24. The zero-order chi connectivity index (χ0) is 12.4. The fourth-order valence-electron chi connectivity index (χ4n) is 2.47. The molecule has 0 bridgehead atoms. The lowest BCUT2D eigenvalue weighted by molar-refractivity contribution is 0.607. The van der Waals surface area contributed by atoms with Crippen molar-refractivity contribution < 1.29 is 0 Å². The molecule has 2 aromatic rings. The topological polar surface area (TPSA) is 37.0 Å². The van der Waals surface area contributed by atoms with E-state index in [9.17, 15) is 0 Å². The molecule has 3 rings (SSSR count). The summed E-state index contributed by atoms with van der Waals surface area (Å²) in [5, 5.41) is 8.82. The number of fused-ring (bicyclic) bond motifs is 1. The first kappa shape index (κ1) is 11.5. The summed E-state index contributed by atoms with van der Waals surface area (Å²) in [6.07, 6.45) is 3.68. The summed E-state index contributed by atoms with van der Waals surface area (Å²) in [7, 11) is 1.89. The highest BCUT2D eigenvalue weighted by Gasteiger charge is 2.21. The number of hydrogen-bond acceptors (Lipinski definition) is 4. The average molecular weight is 259 g/mol. The van der Waals surface area contributed by atoms with Crippen LogP contribution in [0.5, 0.6) is 0 Å². The SMILES string of the molecule is CNc1cccc(NC2CCCc3sccc32)n1. The van der Waals surface area contributed by atoms with E-state index in [-0.39, 0.29) is 0 Å². The standard InChI is InChI=1S/C14H17N3S/c1-15-13-6-3-7-14(17-13)16-11-4-2-5-12-10(11)8-9-18-12/h3,6-9,11H,2,4-5H2,1H3,(H2,15,16,17). The summed E-state index contributed by atoms with van der Waals surface area (Å²) in [5.74, 6) is 1.85. The summed E-state index contributed by atoms with van der Waals surface area (Å²) in [4.78, 5) is 6.05. The van der Waals surface area contributed by atoms with Gasteiger partial charge in [-0.3, -0.25) is 0 Å². The second-order valence-electron chi connectivity index (χ2n) is 4.55. The van der Waals surface area contributed by atoms with E-state index in [1.54, 1.807) is 0 Å². The number of anilines is 2. The van der Waals surface area contributed by atoms with Gasteiger partial charge in [-0.15, -0.1) is 11.3 Å². The highest BCUT2D eigenvalue weighted by Crippen LogP contribution is 2.35. The predicted octanol–water partition coefficient (Wildman–Crippen LogP) is 3.67. The third-order valence-electron chi connectivity index (χ3n) is 3.38. The first-order valence-electron chi connectivity index (χ1n) is 6.34. The molecule has 4 heteroatoms. The molecule has 2 heterocycles. The zero-order valence-electron chi connectivity index (χ0n) is 10.4. The fraction of sp³-hybridized carbons (Fsp3) is 0.357. The predicted molar refractivity (Wildman–Crippen MR) is 77.4 cm³/mol. The minimum Gasteiger partial charge on any atom is -0.373 e. The molecular formula is C14H17N3S. The smallest absolute Gasteiger partial charge is 0.128 e. The molecule has 1 unspecified atom stereocenters. The molecule has 0 fully saturated rings. The van der Waals surface area contributed by atoms with E-state index in [0.717, 1.165) is 11.6 Å². The molecule has 0 aromatic carbocycles. The number of aromatic nitrogens is 1. The van der Waals surface area contributed by atoms with Crippen LogP contribution < -0.4 is 10.6 Å². The maximum absolute atomic E-state index is 4.52. The van der Waals surface area contributed by atoms with Crippen LogP contribution in [0.25, 0.3) is 0 Å². The van der Waals surface area contributed by atoms with Gasteiger partial charge >= 0.3 is 0 Å².